The molecule has 0 atom stereocenters. The number of H-pyrrole nitrogens is 1. The van der Waals surface area contributed by atoms with Gasteiger partial charge in [0, 0.05) is 11.5 Å². The summed E-state index contributed by atoms with van der Waals surface area (Å²) in [4.78, 5) is 22.1. The van der Waals surface area contributed by atoms with Gasteiger partial charge in [0.2, 0.25) is 5.89 Å². The minimum atomic E-state index is -0.266. The third-order valence-electron chi connectivity index (χ3n) is 2.36. The van der Waals surface area contributed by atoms with Gasteiger partial charge in [-0.3, -0.25) is 4.79 Å². The number of rotatable bonds is 3. The van der Waals surface area contributed by atoms with Crippen LogP contribution in [0.15, 0.2) is 26.6 Å². The van der Waals surface area contributed by atoms with E-state index >= 15 is 0 Å². The number of nitrogens with one attached hydrogen (secondary N) is 1. The topological polar surface area (TPSA) is 97.8 Å². The largest absolute Gasteiger partial charge is 0.444 e. The Bertz CT molecular complexity index is 627. The Morgan fingerprint density at radius 3 is 2.79 bits per heavy atom. The Balaban J connectivity index is 2.06. The molecule has 2 heterocycles. The Morgan fingerprint density at radius 2 is 2.21 bits per heavy atom. The van der Waals surface area contributed by atoms with Crippen molar-refractivity contribution >= 4 is 17.6 Å². The normalized spacial score (nSPS) is 11.7. The quantitative estimate of drug-likeness (QED) is 0.658. The average molecular weight is 280 g/mol. The van der Waals surface area contributed by atoms with Gasteiger partial charge in [0.25, 0.3) is 5.56 Å². The lowest BCUT2D eigenvalue weighted by molar-refractivity contribution is 0.390. The van der Waals surface area contributed by atoms with Crippen LogP contribution in [-0.4, -0.2) is 15.0 Å². The molecule has 0 aliphatic carbocycles. The summed E-state index contributed by atoms with van der Waals surface area (Å²) in [5.41, 5.74) is 5.17. The smallest absolute Gasteiger partial charge is 0.253 e. The minimum absolute atomic E-state index is 0.0698. The van der Waals surface area contributed by atoms with E-state index in [-0.39, 0.29) is 16.8 Å². The number of oxazole rings is 1. The van der Waals surface area contributed by atoms with Gasteiger partial charge in [0.1, 0.15) is 11.6 Å². The maximum atomic E-state index is 11.2. The molecule has 7 heteroatoms. The number of thioether (sulfide) groups is 1. The van der Waals surface area contributed by atoms with Crippen LogP contribution in [-0.2, 0) is 11.2 Å². The van der Waals surface area contributed by atoms with Crippen molar-refractivity contribution in [2.45, 2.75) is 37.1 Å². The summed E-state index contributed by atoms with van der Waals surface area (Å²) in [6.07, 6.45) is 1.73. The molecule has 6 nitrogen and oxygen atoms in total. The van der Waals surface area contributed by atoms with Crippen LogP contribution in [0.5, 0.6) is 0 Å². The molecule has 0 aliphatic heterocycles. The number of nitrogen functional groups attached to an aromatic ring is 1. The number of anilines is 1. The van der Waals surface area contributed by atoms with Crippen LogP contribution in [0.4, 0.5) is 5.82 Å². The molecule has 0 spiro atoms. The summed E-state index contributed by atoms with van der Waals surface area (Å²) < 4.78 is 5.65. The molecule has 0 saturated carbocycles. The van der Waals surface area contributed by atoms with E-state index in [0.717, 1.165) is 5.76 Å². The Hall–Kier alpha value is -1.76. The van der Waals surface area contributed by atoms with Gasteiger partial charge in [0.05, 0.1) is 11.9 Å². The van der Waals surface area contributed by atoms with E-state index < -0.39 is 0 Å². The zero-order valence-corrected chi connectivity index (χ0v) is 11.9. The Labute approximate surface area is 114 Å². The lowest BCUT2D eigenvalue weighted by Gasteiger charge is -2.12. The predicted molar refractivity (Wildman–Crippen MR) is 74.0 cm³/mol. The van der Waals surface area contributed by atoms with Crippen molar-refractivity contribution in [3.8, 4) is 0 Å². The van der Waals surface area contributed by atoms with E-state index in [0.29, 0.717) is 16.8 Å². The number of nitrogens with zero attached hydrogens (tertiary/aromatic N) is 2. The van der Waals surface area contributed by atoms with Crippen molar-refractivity contribution in [2.24, 2.45) is 0 Å². The molecule has 19 heavy (non-hydrogen) atoms. The van der Waals surface area contributed by atoms with Crippen LogP contribution in [0.3, 0.4) is 0 Å². The molecule has 2 aromatic rings. The summed E-state index contributed by atoms with van der Waals surface area (Å²) >= 11 is 1.32. The predicted octanol–water partition coefficient (Wildman–Crippen LogP) is 1.93. The van der Waals surface area contributed by atoms with E-state index in [4.69, 9.17) is 10.2 Å². The molecular formula is C12H16N4O2S. The van der Waals surface area contributed by atoms with Crippen molar-refractivity contribution in [3.63, 3.8) is 0 Å². The number of aromatic nitrogens is 3. The molecule has 0 fully saturated rings. The van der Waals surface area contributed by atoms with E-state index in [9.17, 15) is 4.79 Å². The molecule has 0 saturated heterocycles. The Kier molecular flexibility index (Phi) is 3.66. The molecule has 2 aromatic heterocycles. The van der Waals surface area contributed by atoms with E-state index in [1.165, 1.54) is 17.8 Å². The van der Waals surface area contributed by atoms with Gasteiger partial charge >= 0.3 is 0 Å². The van der Waals surface area contributed by atoms with Gasteiger partial charge in [-0.2, -0.15) is 0 Å². The fourth-order valence-corrected chi connectivity index (χ4v) is 2.11. The number of hydrogen-bond donors (Lipinski definition) is 2. The first-order chi connectivity index (χ1) is 8.84. The summed E-state index contributed by atoms with van der Waals surface area (Å²) in [7, 11) is 0. The van der Waals surface area contributed by atoms with Crippen LogP contribution in [0.2, 0.25) is 0 Å². The van der Waals surface area contributed by atoms with Gasteiger partial charge in [-0.25, -0.2) is 9.97 Å². The average Bonchev–Trinajstić information content (AvgIpc) is 2.73. The van der Waals surface area contributed by atoms with Crippen LogP contribution in [0, 0.1) is 0 Å². The van der Waals surface area contributed by atoms with Crippen molar-refractivity contribution < 1.29 is 4.42 Å². The highest BCUT2D eigenvalue weighted by Gasteiger charge is 2.19. The number of hydrogen-bond acceptors (Lipinski definition) is 6. The first-order valence-corrected chi connectivity index (χ1v) is 6.78. The SMILES string of the molecule is CC(C)(C)c1cnc(CSc2nc(N)cc(=O)[nH]2)o1. The second-order valence-corrected chi connectivity index (χ2v) is 6.10. The summed E-state index contributed by atoms with van der Waals surface area (Å²) in [6, 6.07) is 1.24. The van der Waals surface area contributed by atoms with Gasteiger partial charge in [0.15, 0.2) is 5.16 Å². The molecule has 2 rings (SSSR count). The molecule has 0 aromatic carbocycles. The molecule has 102 valence electrons. The molecule has 3 N–H and O–H groups in total. The monoisotopic (exact) mass is 280 g/mol. The van der Waals surface area contributed by atoms with Crippen molar-refractivity contribution in [3.05, 3.63) is 34.3 Å². The minimum Gasteiger partial charge on any atom is -0.444 e. The molecule has 0 amide bonds. The lowest BCUT2D eigenvalue weighted by atomic mass is 9.94. The molecule has 0 aliphatic rings. The molecular weight excluding hydrogens is 264 g/mol. The summed E-state index contributed by atoms with van der Waals surface area (Å²) in [5, 5.41) is 0.459. The van der Waals surface area contributed by atoms with Crippen LogP contribution in [0.1, 0.15) is 32.4 Å². The number of nitrogens with two attached hydrogens (primary N) is 1. The first kappa shape index (κ1) is 13.7. The molecule has 0 bridgehead atoms. The maximum Gasteiger partial charge on any atom is 0.253 e. The third-order valence-corrected chi connectivity index (χ3v) is 3.22. The maximum absolute atomic E-state index is 11.2. The fraction of sp³-hybridized carbons (Fsp3) is 0.417. The highest BCUT2D eigenvalue weighted by Crippen LogP contribution is 2.25. The summed E-state index contributed by atoms with van der Waals surface area (Å²) in [6.45, 7) is 6.17. The van der Waals surface area contributed by atoms with Crippen LogP contribution in [0.25, 0.3) is 0 Å². The van der Waals surface area contributed by atoms with E-state index in [1.54, 1.807) is 6.20 Å². The highest BCUT2D eigenvalue weighted by atomic mass is 32.2. The van der Waals surface area contributed by atoms with Crippen LogP contribution >= 0.6 is 11.8 Å². The first-order valence-electron chi connectivity index (χ1n) is 5.79. The van der Waals surface area contributed by atoms with E-state index in [2.05, 4.69) is 35.7 Å². The summed E-state index contributed by atoms with van der Waals surface area (Å²) in [5.74, 6) is 2.12. The lowest BCUT2D eigenvalue weighted by Crippen LogP contribution is -2.09. The van der Waals surface area contributed by atoms with Crippen molar-refractivity contribution in [1.29, 1.82) is 0 Å². The van der Waals surface area contributed by atoms with Gasteiger partial charge in [-0.1, -0.05) is 32.5 Å². The molecule has 0 radical (unpaired) electrons. The van der Waals surface area contributed by atoms with Crippen molar-refractivity contribution in [1.82, 2.24) is 15.0 Å². The second kappa shape index (κ2) is 5.08. The van der Waals surface area contributed by atoms with Gasteiger partial charge in [-0.05, 0) is 0 Å². The third kappa shape index (κ3) is 3.60. The van der Waals surface area contributed by atoms with Gasteiger partial charge < -0.3 is 15.1 Å². The highest BCUT2D eigenvalue weighted by molar-refractivity contribution is 7.98. The number of aromatic amines is 1. The zero-order valence-electron chi connectivity index (χ0n) is 11.1. The van der Waals surface area contributed by atoms with E-state index in [1.807, 2.05) is 0 Å². The fourth-order valence-electron chi connectivity index (χ4n) is 1.38. The standard InChI is InChI=1S/C12H16N4O2S/c1-12(2,3)7-5-14-10(18-7)6-19-11-15-8(13)4-9(17)16-11/h4-5H,6H2,1-3H3,(H3,13,15,16,17). The van der Waals surface area contributed by atoms with Crippen LogP contribution < -0.4 is 11.3 Å². The van der Waals surface area contributed by atoms with Gasteiger partial charge in [-0.15, -0.1) is 0 Å². The zero-order chi connectivity index (χ0) is 14.0. The Morgan fingerprint density at radius 1 is 1.47 bits per heavy atom. The second-order valence-electron chi connectivity index (χ2n) is 5.13. The molecule has 0 unspecified atom stereocenters. The van der Waals surface area contributed by atoms with Crippen molar-refractivity contribution in [2.75, 3.05) is 5.73 Å².